The van der Waals surface area contributed by atoms with Gasteiger partial charge in [0.25, 0.3) is 0 Å². The van der Waals surface area contributed by atoms with Gasteiger partial charge in [0.2, 0.25) is 11.8 Å². The number of anilines is 1. The van der Waals surface area contributed by atoms with Crippen molar-refractivity contribution in [2.45, 2.75) is 31.8 Å². The van der Waals surface area contributed by atoms with Gasteiger partial charge in [0.1, 0.15) is 5.50 Å². The van der Waals surface area contributed by atoms with Crippen LogP contribution in [0.25, 0.3) is 10.2 Å². The molecule has 3 N–H and O–H groups in total. The quantitative estimate of drug-likeness (QED) is 0.627. The number of carbonyl (C=O) groups excluding carboxylic acids is 3. The van der Waals surface area contributed by atoms with Crippen molar-refractivity contribution < 1.29 is 19.1 Å². The molecule has 1 aromatic heterocycles. The molecule has 144 valence electrons. The first-order valence-corrected chi connectivity index (χ1v) is 10.4. The summed E-state index contributed by atoms with van der Waals surface area (Å²) in [7, 11) is 0. The van der Waals surface area contributed by atoms with Crippen LogP contribution in [0.15, 0.2) is 18.2 Å². The largest absolute Gasteiger partial charge is 0.462 e. The number of thiazole rings is 1. The number of rotatable bonds is 6. The maximum Gasteiger partial charge on any atom is 0.338 e. The van der Waals surface area contributed by atoms with E-state index < -0.39 is 0 Å². The van der Waals surface area contributed by atoms with Crippen LogP contribution >= 0.6 is 23.1 Å². The van der Waals surface area contributed by atoms with Crippen molar-refractivity contribution in [2.75, 3.05) is 17.7 Å². The molecule has 1 aliphatic heterocycles. The van der Waals surface area contributed by atoms with Crippen molar-refractivity contribution in [3.63, 3.8) is 0 Å². The Balaban J connectivity index is 1.58. The number of esters is 1. The van der Waals surface area contributed by atoms with E-state index in [1.807, 2.05) is 6.92 Å². The number of nitrogens with zero attached hydrogens (tertiary/aromatic N) is 1. The van der Waals surface area contributed by atoms with Crippen LogP contribution in [0.4, 0.5) is 5.13 Å². The first-order chi connectivity index (χ1) is 12.9. The average Bonchev–Trinajstić information content (AvgIpc) is 3.00. The number of thioether (sulfide) groups is 1. The number of carbonyl (C=O) groups is 3. The highest BCUT2D eigenvalue weighted by Gasteiger charge is 2.23. The number of aromatic nitrogens is 1. The molecule has 1 aromatic carbocycles. The molecule has 0 bridgehead atoms. The van der Waals surface area contributed by atoms with Crippen molar-refractivity contribution in [1.29, 1.82) is 0 Å². The summed E-state index contributed by atoms with van der Waals surface area (Å²) in [6.45, 7) is 4.00. The van der Waals surface area contributed by atoms with Gasteiger partial charge in [0.05, 0.1) is 28.1 Å². The smallest absolute Gasteiger partial charge is 0.338 e. The number of nitrogens with one attached hydrogen (secondary N) is 3. The molecule has 2 aromatic rings. The molecule has 0 radical (unpaired) electrons. The van der Waals surface area contributed by atoms with E-state index in [1.54, 1.807) is 25.1 Å². The summed E-state index contributed by atoms with van der Waals surface area (Å²) in [6, 6.07) is 5.17. The van der Waals surface area contributed by atoms with Crippen LogP contribution in [0.5, 0.6) is 0 Å². The Kier molecular flexibility index (Phi) is 6.30. The van der Waals surface area contributed by atoms with E-state index in [9.17, 15) is 14.4 Å². The third-order valence-corrected chi connectivity index (χ3v) is 5.70. The van der Waals surface area contributed by atoms with E-state index in [-0.39, 0.29) is 35.1 Å². The molecular formula is C17H20N4O4S2. The zero-order valence-corrected chi connectivity index (χ0v) is 16.5. The Morgan fingerprint density at radius 2 is 2.26 bits per heavy atom. The van der Waals surface area contributed by atoms with Crippen LogP contribution in [0, 0.1) is 0 Å². The summed E-state index contributed by atoms with van der Waals surface area (Å²) >= 11 is 2.60. The van der Waals surface area contributed by atoms with Gasteiger partial charge in [-0.2, -0.15) is 0 Å². The van der Waals surface area contributed by atoms with Gasteiger partial charge in [-0.15, -0.1) is 11.8 Å². The predicted octanol–water partition coefficient (Wildman–Crippen LogP) is 1.93. The van der Waals surface area contributed by atoms with E-state index in [1.165, 1.54) is 23.1 Å². The highest BCUT2D eigenvalue weighted by molar-refractivity contribution is 8.00. The Hall–Kier alpha value is -2.17. The summed E-state index contributed by atoms with van der Waals surface area (Å²) in [5, 5.41) is 9.22. The number of benzene rings is 1. The Morgan fingerprint density at radius 1 is 1.44 bits per heavy atom. The summed E-state index contributed by atoms with van der Waals surface area (Å²) < 4.78 is 5.78. The Morgan fingerprint density at radius 3 is 3.00 bits per heavy atom. The predicted molar refractivity (Wildman–Crippen MR) is 106 cm³/mol. The Labute approximate surface area is 164 Å². The normalized spacial score (nSPS) is 19.6. The molecule has 2 heterocycles. The maximum absolute atomic E-state index is 12.2. The van der Waals surface area contributed by atoms with Crippen molar-refractivity contribution in [2.24, 2.45) is 0 Å². The van der Waals surface area contributed by atoms with Gasteiger partial charge in [0, 0.05) is 12.5 Å². The zero-order chi connectivity index (χ0) is 19.4. The zero-order valence-electron chi connectivity index (χ0n) is 14.9. The van der Waals surface area contributed by atoms with E-state index in [2.05, 4.69) is 20.9 Å². The van der Waals surface area contributed by atoms with Crippen molar-refractivity contribution >= 4 is 56.2 Å². The first-order valence-electron chi connectivity index (χ1n) is 8.49. The molecule has 27 heavy (non-hydrogen) atoms. The van der Waals surface area contributed by atoms with Crippen molar-refractivity contribution in [3.8, 4) is 0 Å². The fourth-order valence-electron chi connectivity index (χ4n) is 2.57. The van der Waals surface area contributed by atoms with Crippen LogP contribution in [0.3, 0.4) is 0 Å². The van der Waals surface area contributed by atoms with Gasteiger partial charge in [-0.1, -0.05) is 11.3 Å². The molecular weight excluding hydrogens is 388 g/mol. The lowest BCUT2D eigenvalue weighted by Crippen LogP contribution is -2.53. The third-order valence-electron chi connectivity index (χ3n) is 3.75. The van der Waals surface area contributed by atoms with E-state index in [0.29, 0.717) is 29.2 Å². The summed E-state index contributed by atoms with van der Waals surface area (Å²) in [5.74, 6) is -0.443. The van der Waals surface area contributed by atoms with E-state index in [4.69, 9.17) is 4.74 Å². The molecule has 2 amide bonds. The van der Waals surface area contributed by atoms with Gasteiger partial charge in [-0.3, -0.25) is 14.9 Å². The fourth-order valence-corrected chi connectivity index (χ4v) is 4.42. The number of ether oxygens (including phenoxy) is 1. The number of hydrogen-bond donors (Lipinski definition) is 3. The molecule has 1 fully saturated rings. The molecule has 0 aliphatic carbocycles. The van der Waals surface area contributed by atoms with Crippen LogP contribution < -0.4 is 16.0 Å². The van der Waals surface area contributed by atoms with Gasteiger partial charge < -0.3 is 15.4 Å². The van der Waals surface area contributed by atoms with Gasteiger partial charge in [0.15, 0.2) is 5.13 Å². The molecule has 10 heteroatoms. The summed E-state index contributed by atoms with van der Waals surface area (Å²) in [4.78, 5) is 39.9. The minimum absolute atomic E-state index is 0.0252. The lowest BCUT2D eigenvalue weighted by molar-refractivity contribution is -0.123. The highest BCUT2D eigenvalue weighted by atomic mass is 32.2. The minimum atomic E-state index is -0.383. The average molecular weight is 409 g/mol. The van der Waals surface area contributed by atoms with Gasteiger partial charge >= 0.3 is 5.97 Å². The third kappa shape index (κ3) is 5.18. The highest BCUT2D eigenvalue weighted by Crippen LogP contribution is 2.27. The van der Waals surface area contributed by atoms with Gasteiger partial charge in [-0.25, -0.2) is 9.78 Å². The second kappa shape index (κ2) is 8.68. The van der Waals surface area contributed by atoms with Crippen molar-refractivity contribution in [3.05, 3.63) is 23.8 Å². The number of hydrogen-bond acceptors (Lipinski definition) is 8. The standard InChI is InChI=1S/C17H20N4O4S2/c1-3-25-15(24)10-4-5-11-12(7-10)27-17(19-11)21-14(23)8-26-16-18-9(2)6-13(22)20-16/h4-5,7,9,16,18H,3,6,8H2,1-2H3,(H,20,22)(H,19,21,23). The SMILES string of the molecule is CCOC(=O)c1ccc2nc(NC(=O)CSC3NC(=O)CC(C)N3)sc2c1. The molecule has 2 atom stereocenters. The molecule has 3 rings (SSSR count). The lowest BCUT2D eigenvalue weighted by atomic mass is 10.2. The first kappa shape index (κ1) is 19.6. The molecule has 8 nitrogen and oxygen atoms in total. The number of amides is 2. The fraction of sp³-hybridized carbons (Fsp3) is 0.412. The molecule has 1 aliphatic rings. The second-order valence-electron chi connectivity index (χ2n) is 6.00. The molecule has 0 saturated carbocycles. The van der Waals surface area contributed by atoms with E-state index in [0.717, 1.165) is 4.70 Å². The van der Waals surface area contributed by atoms with Crippen LogP contribution in [-0.4, -0.2) is 46.7 Å². The molecule has 1 saturated heterocycles. The Bertz CT molecular complexity index is 870. The monoisotopic (exact) mass is 408 g/mol. The second-order valence-corrected chi connectivity index (χ2v) is 8.12. The minimum Gasteiger partial charge on any atom is -0.462 e. The topological polar surface area (TPSA) is 109 Å². The summed E-state index contributed by atoms with van der Waals surface area (Å²) in [6.07, 6.45) is 0.433. The van der Waals surface area contributed by atoms with Crippen LogP contribution in [0.1, 0.15) is 30.6 Å². The summed E-state index contributed by atoms with van der Waals surface area (Å²) in [5.41, 5.74) is 0.871. The van der Waals surface area contributed by atoms with E-state index >= 15 is 0 Å². The van der Waals surface area contributed by atoms with Crippen LogP contribution in [-0.2, 0) is 14.3 Å². The molecule has 2 unspecified atom stereocenters. The van der Waals surface area contributed by atoms with Crippen LogP contribution in [0.2, 0.25) is 0 Å². The lowest BCUT2D eigenvalue weighted by Gasteiger charge is -2.28. The maximum atomic E-state index is 12.2. The number of fused-ring (bicyclic) bond motifs is 1. The van der Waals surface area contributed by atoms with Gasteiger partial charge in [-0.05, 0) is 32.0 Å². The molecule has 0 spiro atoms. The van der Waals surface area contributed by atoms with Crippen molar-refractivity contribution in [1.82, 2.24) is 15.6 Å².